The molecule has 0 aromatic rings. The zero-order valence-corrected chi connectivity index (χ0v) is 9.95. The third-order valence-corrected chi connectivity index (χ3v) is 1.97. The van der Waals surface area contributed by atoms with E-state index in [1.165, 1.54) is 7.11 Å². The van der Waals surface area contributed by atoms with Crippen molar-refractivity contribution in [3.63, 3.8) is 0 Å². The molecular weight excluding hydrogens is 212 g/mol. The Morgan fingerprint density at radius 1 is 1.50 bits per heavy atom. The molecule has 1 amide bonds. The Kier molecular flexibility index (Phi) is 5.98. The van der Waals surface area contributed by atoms with E-state index in [4.69, 9.17) is 15.6 Å². The van der Waals surface area contributed by atoms with Crippen LogP contribution in [0.15, 0.2) is 0 Å². The van der Waals surface area contributed by atoms with Gasteiger partial charge in [0.15, 0.2) is 0 Å². The molecule has 0 rings (SSSR count). The van der Waals surface area contributed by atoms with E-state index in [1.807, 2.05) is 0 Å². The van der Waals surface area contributed by atoms with Gasteiger partial charge >= 0.3 is 5.97 Å². The molecule has 1 unspecified atom stereocenters. The van der Waals surface area contributed by atoms with Crippen LogP contribution >= 0.6 is 0 Å². The average Bonchev–Trinajstić information content (AvgIpc) is 2.12. The number of rotatable bonds is 7. The first-order valence-corrected chi connectivity index (χ1v) is 5.07. The summed E-state index contributed by atoms with van der Waals surface area (Å²) in [6.07, 6.45) is 0.0174. The van der Waals surface area contributed by atoms with E-state index in [2.05, 4.69) is 5.32 Å². The summed E-state index contributed by atoms with van der Waals surface area (Å²) in [5, 5.41) is 11.2. The number of methoxy groups -OCH3 is 1. The number of carboxylic acids is 1. The molecule has 6 heteroatoms. The minimum absolute atomic E-state index is 0.112. The highest BCUT2D eigenvalue weighted by Crippen LogP contribution is 2.04. The van der Waals surface area contributed by atoms with Gasteiger partial charge < -0.3 is 20.9 Å². The number of carboxylic acid groups (broad SMARTS) is 1. The molecule has 6 nitrogen and oxygen atoms in total. The number of ether oxygens (including phenoxy) is 1. The van der Waals surface area contributed by atoms with Crippen LogP contribution in [0.25, 0.3) is 0 Å². The molecule has 0 radical (unpaired) electrons. The van der Waals surface area contributed by atoms with Crippen LogP contribution in [0.1, 0.15) is 26.7 Å². The van der Waals surface area contributed by atoms with E-state index < -0.39 is 17.6 Å². The molecule has 4 N–H and O–H groups in total. The van der Waals surface area contributed by atoms with Crippen molar-refractivity contribution < 1.29 is 19.4 Å². The van der Waals surface area contributed by atoms with E-state index >= 15 is 0 Å². The summed E-state index contributed by atoms with van der Waals surface area (Å²) in [6.45, 7) is 3.97. The SMILES string of the molecule is COCC(C)(C)NC(=O)C(N)CCC(=O)O. The van der Waals surface area contributed by atoms with Gasteiger partial charge in [-0.25, -0.2) is 0 Å². The van der Waals surface area contributed by atoms with Crippen molar-refractivity contribution in [2.24, 2.45) is 5.73 Å². The second kappa shape index (κ2) is 6.44. The Balaban J connectivity index is 4.09. The van der Waals surface area contributed by atoms with Gasteiger partial charge in [-0.05, 0) is 20.3 Å². The van der Waals surface area contributed by atoms with Crippen molar-refractivity contribution in [3.8, 4) is 0 Å². The molecule has 94 valence electrons. The molecule has 0 bridgehead atoms. The standard InChI is InChI=1S/C10H20N2O4/c1-10(2,6-16-3)12-9(15)7(11)4-5-8(13)14/h7H,4-6,11H2,1-3H3,(H,12,15)(H,13,14). The molecule has 0 spiro atoms. The molecule has 1 atom stereocenters. The average molecular weight is 232 g/mol. The van der Waals surface area contributed by atoms with Gasteiger partial charge in [-0.15, -0.1) is 0 Å². The molecule has 0 saturated heterocycles. The second-order valence-electron chi connectivity index (χ2n) is 4.35. The Morgan fingerprint density at radius 2 is 2.06 bits per heavy atom. The van der Waals surface area contributed by atoms with Crippen LogP contribution in [0.2, 0.25) is 0 Å². The predicted molar refractivity (Wildman–Crippen MR) is 58.9 cm³/mol. The Morgan fingerprint density at radius 3 is 2.50 bits per heavy atom. The minimum atomic E-state index is -0.959. The summed E-state index contributed by atoms with van der Waals surface area (Å²) in [5.41, 5.74) is 5.05. The van der Waals surface area contributed by atoms with Crippen LogP contribution in [0, 0.1) is 0 Å². The smallest absolute Gasteiger partial charge is 0.303 e. The Bertz CT molecular complexity index is 253. The third kappa shape index (κ3) is 6.36. The maximum atomic E-state index is 11.6. The van der Waals surface area contributed by atoms with Crippen molar-refractivity contribution in [3.05, 3.63) is 0 Å². The highest BCUT2D eigenvalue weighted by atomic mass is 16.5. The first-order chi connectivity index (χ1) is 7.28. The zero-order valence-electron chi connectivity index (χ0n) is 9.95. The molecule has 0 aliphatic heterocycles. The third-order valence-electron chi connectivity index (χ3n) is 1.97. The molecule has 0 heterocycles. The van der Waals surface area contributed by atoms with Gasteiger partial charge in [0.05, 0.1) is 18.2 Å². The maximum Gasteiger partial charge on any atom is 0.303 e. The fraction of sp³-hybridized carbons (Fsp3) is 0.800. The summed E-state index contributed by atoms with van der Waals surface area (Å²) in [4.78, 5) is 21.9. The van der Waals surface area contributed by atoms with Gasteiger partial charge in [0.1, 0.15) is 0 Å². The second-order valence-corrected chi connectivity index (χ2v) is 4.35. The number of hydrogen-bond acceptors (Lipinski definition) is 4. The summed E-state index contributed by atoms with van der Waals surface area (Å²) in [6, 6.07) is -0.799. The summed E-state index contributed by atoms with van der Waals surface area (Å²) < 4.78 is 4.94. The number of nitrogens with one attached hydrogen (secondary N) is 1. The van der Waals surface area contributed by atoms with Crippen LogP contribution in [0.5, 0.6) is 0 Å². The lowest BCUT2D eigenvalue weighted by Gasteiger charge is -2.26. The number of carbonyl (C=O) groups excluding carboxylic acids is 1. The number of hydrogen-bond donors (Lipinski definition) is 3. The summed E-state index contributed by atoms with van der Waals surface area (Å²) >= 11 is 0. The number of aliphatic carboxylic acids is 1. The van der Waals surface area contributed by atoms with Gasteiger partial charge in [0, 0.05) is 13.5 Å². The van der Waals surface area contributed by atoms with Crippen LogP contribution in [0.4, 0.5) is 0 Å². The summed E-state index contributed by atoms with van der Waals surface area (Å²) in [7, 11) is 1.54. The van der Waals surface area contributed by atoms with Gasteiger partial charge in [-0.2, -0.15) is 0 Å². The van der Waals surface area contributed by atoms with E-state index in [9.17, 15) is 9.59 Å². The maximum absolute atomic E-state index is 11.6. The van der Waals surface area contributed by atoms with Crippen LogP contribution in [-0.2, 0) is 14.3 Å². The zero-order chi connectivity index (χ0) is 12.8. The number of amides is 1. The molecule has 0 aliphatic rings. The van der Waals surface area contributed by atoms with Gasteiger partial charge in [0.2, 0.25) is 5.91 Å². The van der Waals surface area contributed by atoms with Crippen LogP contribution in [0.3, 0.4) is 0 Å². The van der Waals surface area contributed by atoms with Crippen LogP contribution in [-0.4, -0.2) is 42.3 Å². The monoisotopic (exact) mass is 232 g/mol. The molecular formula is C10H20N2O4. The Labute approximate surface area is 95.1 Å². The molecule has 0 fully saturated rings. The lowest BCUT2D eigenvalue weighted by Crippen LogP contribution is -2.52. The molecule has 0 aromatic carbocycles. The van der Waals surface area contributed by atoms with Gasteiger partial charge in [-0.3, -0.25) is 9.59 Å². The topological polar surface area (TPSA) is 102 Å². The Hall–Kier alpha value is -1.14. The van der Waals surface area contributed by atoms with E-state index in [0.717, 1.165) is 0 Å². The first-order valence-electron chi connectivity index (χ1n) is 5.07. The lowest BCUT2D eigenvalue weighted by atomic mass is 10.1. The number of nitrogens with two attached hydrogens (primary N) is 1. The molecule has 0 aliphatic carbocycles. The molecule has 16 heavy (non-hydrogen) atoms. The quantitative estimate of drug-likeness (QED) is 0.560. The molecule has 0 saturated carbocycles. The van der Waals surface area contributed by atoms with Crippen molar-refractivity contribution >= 4 is 11.9 Å². The highest BCUT2D eigenvalue weighted by molar-refractivity contribution is 5.82. The van der Waals surface area contributed by atoms with Crippen molar-refractivity contribution in [2.45, 2.75) is 38.3 Å². The first kappa shape index (κ1) is 14.9. The molecule has 0 aromatic heterocycles. The van der Waals surface area contributed by atoms with Gasteiger partial charge in [0.25, 0.3) is 0 Å². The van der Waals surface area contributed by atoms with E-state index in [0.29, 0.717) is 6.61 Å². The van der Waals surface area contributed by atoms with E-state index in [1.54, 1.807) is 13.8 Å². The normalized spacial score (nSPS) is 13.2. The largest absolute Gasteiger partial charge is 0.481 e. The number of carbonyl (C=O) groups is 2. The fourth-order valence-electron chi connectivity index (χ4n) is 1.23. The van der Waals surface area contributed by atoms with Crippen molar-refractivity contribution in [1.82, 2.24) is 5.32 Å². The van der Waals surface area contributed by atoms with Crippen molar-refractivity contribution in [2.75, 3.05) is 13.7 Å². The fourth-order valence-corrected chi connectivity index (χ4v) is 1.23. The minimum Gasteiger partial charge on any atom is -0.481 e. The predicted octanol–water partition coefficient (Wildman–Crippen LogP) is -0.280. The van der Waals surface area contributed by atoms with Crippen molar-refractivity contribution in [1.29, 1.82) is 0 Å². The lowest BCUT2D eigenvalue weighted by molar-refractivity contribution is -0.137. The van der Waals surface area contributed by atoms with Gasteiger partial charge in [-0.1, -0.05) is 0 Å². The van der Waals surface area contributed by atoms with E-state index in [-0.39, 0.29) is 18.7 Å². The van der Waals surface area contributed by atoms with Crippen LogP contribution < -0.4 is 11.1 Å². The summed E-state index contributed by atoms with van der Waals surface area (Å²) in [5.74, 6) is -1.32. The highest BCUT2D eigenvalue weighted by Gasteiger charge is 2.23.